The van der Waals surface area contributed by atoms with Crippen molar-refractivity contribution in [3.63, 3.8) is 0 Å². The molecule has 0 atom stereocenters. The van der Waals surface area contributed by atoms with Crippen LogP contribution in [0.4, 0.5) is 0 Å². The first-order valence-corrected chi connectivity index (χ1v) is 8.13. The number of hydrogen-bond donors (Lipinski definition) is 1. The van der Waals surface area contributed by atoms with Crippen molar-refractivity contribution in [3.8, 4) is 0 Å². The lowest BCUT2D eigenvalue weighted by atomic mass is 9.86. The van der Waals surface area contributed by atoms with Crippen molar-refractivity contribution in [2.45, 2.75) is 76.3 Å². The van der Waals surface area contributed by atoms with Crippen LogP contribution in [0.1, 0.15) is 64.2 Å². The van der Waals surface area contributed by atoms with E-state index in [2.05, 4.69) is 10.2 Å². The van der Waals surface area contributed by atoms with Crippen LogP contribution in [0, 0.1) is 5.92 Å². The molecule has 2 saturated carbocycles. The van der Waals surface area contributed by atoms with Crippen LogP contribution in [0.25, 0.3) is 0 Å². The fourth-order valence-electron chi connectivity index (χ4n) is 3.74. The van der Waals surface area contributed by atoms with Gasteiger partial charge < -0.3 is 10.2 Å². The Bertz CT molecular complexity index is 278. The number of carbonyl (C=O) groups excluding carboxylic acids is 1. The molecule has 2 rings (SSSR count). The van der Waals surface area contributed by atoms with E-state index in [1.54, 1.807) is 0 Å². The quantitative estimate of drug-likeness (QED) is 0.848. The summed E-state index contributed by atoms with van der Waals surface area (Å²) in [7, 11) is 4.07. The molecule has 3 heteroatoms. The number of nitrogens with one attached hydrogen (secondary N) is 1. The largest absolute Gasteiger partial charge is 0.343 e. The average molecular weight is 266 g/mol. The zero-order chi connectivity index (χ0) is 13.7. The maximum absolute atomic E-state index is 12.4. The number of amides is 1. The van der Waals surface area contributed by atoms with Gasteiger partial charge in [0.2, 0.25) is 5.91 Å². The van der Waals surface area contributed by atoms with Crippen LogP contribution in [0.15, 0.2) is 0 Å². The fourth-order valence-corrected chi connectivity index (χ4v) is 3.74. The van der Waals surface area contributed by atoms with E-state index in [-0.39, 0.29) is 0 Å². The predicted octanol–water partition coefficient (Wildman–Crippen LogP) is 2.95. The summed E-state index contributed by atoms with van der Waals surface area (Å²) in [4.78, 5) is 14.4. The molecule has 0 unspecified atom stereocenters. The van der Waals surface area contributed by atoms with E-state index < -0.39 is 0 Å². The van der Waals surface area contributed by atoms with Gasteiger partial charge in [0.05, 0.1) is 0 Å². The van der Waals surface area contributed by atoms with Crippen LogP contribution in [0.5, 0.6) is 0 Å². The summed E-state index contributed by atoms with van der Waals surface area (Å²) < 4.78 is 0. The summed E-state index contributed by atoms with van der Waals surface area (Å²) in [5, 5.41) is 3.35. The van der Waals surface area contributed by atoms with Gasteiger partial charge in [-0.15, -0.1) is 0 Å². The van der Waals surface area contributed by atoms with Gasteiger partial charge in [-0.2, -0.15) is 0 Å². The van der Waals surface area contributed by atoms with Gasteiger partial charge in [0.25, 0.3) is 0 Å². The molecule has 0 bridgehead atoms. The van der Waals surface area contributed by atoms with Gasteiger partial charge in [0, 0.05) is 25.6 Å². The van der Waals surface area contributed by atoms with Crippen molar-refractivity contribution in [1.82, 2.24) is 10.2 Å². The third kappa shape index (κ3) is 4.20. The molecule has 0 aliphatic heterocycles. The lowest BCUT2D eigenvalue weighted by Gasteiger charge is -2.35. The second kappa shape index (κ2) is 7.28. The summed E-state index contributed by atoms with van der Waals surface area (Å²) in [6, 6.07) is 1.15. The van der Waals surface area contributed by atoms with Crippen molar-refractivity contribution in [2.75, 3.05) is 14.1 Å². The molecule has 3 nitrogen and oxygen atoms in total. The molecule has 0 saturated heterocycles. The maximum Gasteiger partial charge on any atom is 0.222 e. The van der Waals surface area contributed by atoms with Gasteiger partial charge in [0.1, 0.15) is 0 Å². The lowest BCUT2D eigenvalue weighted by molar-refractivity contribution is -0.133. The molecule has 0 radical (unpaired) electrons. The Labute approximate surface area is 118 Å². The standard InChI is InChI=1S/C16H30N2O/c1-17-14-8-10-15(11-9-14)18(2)16(19)12-13-6-4-3-5-7-13/h13-15,17H,3-12H2,1-2H3. The molecule has 110 valence electrons. The van der Waals surface area contributed by atoms with E-state index >= 15 is 0 Å². The van der Waals surface area contributed by atoms with E-state index in [0.717, 1.165) is 6.42 Å². The van der Waals surface area contributed by atoms with E-state index in [4.69, 9.17) is 0 Å². The normalized spacial score (nSPS) is 29.2. The number of nitrogens with zero attached hydrogens (tertiary/aromatic N) is 1. The van der Waals surface area contributed by atoms with Crippen molar-refractivity contribution in [2.24, 2.45) is 5.92 Å². The molecule has 1 amide bonds. The highest BCUT2D eigenvalue weighted by atomic mass is 16.2. The minimum Gasteiger partial charge on any atom is -0.343 e. The van der Waals surface area contributed by atoms with Crippen molar-refractivity contribution in [3.05, 3.63) is 0 Å². The molecule has 1 N–H and O–H groups in total. The number of hydrogen-bond acceptors (Lipinski definition) is 2. The van der Waals surface area contributed by atoms with Crippen molar-refractivity contribution >= 4 is 5.91 Å². The molecule has 0 aromatic carbocycles. The van der Waals surface area contributed by atoms with Gasteiger partial charge in [-0.1, -0.05) is 19.3 Å². The SMILES string of the molecule is CNC1CCC(N(C)C(=O)CC2CCCCC2)CC1. The Hall–Kier alpha value is -0.570. The predicted molar refractivity (Wildman–Crippen MR) is 79.1 cm³/mol. The Morgan fingerprint density at radius 3 is 2.26 bits per heavy atom. The molecule has 2 aliphatic carbocycles. The zero-order valence-corrected chi connectivity index (χ0v) is 12.7. The first-order chi connectivity index (χ1) is 9.20. The van der Waals surface area contributed by atoms with Gasteiger partial charge in [-0.05, 0) is 51.5 Å². The van der Waals surface area contributed by atoms with E-state index in [1.807, 2.05) is 14.1 Å². The van der Waals surface area contributed by atoms with Crippen molar-refractivity contribution in [1.29, 1.82) is 0 Å². The smallest absolute Gasteiger partial charge is 0.222 e. The maximum atomic E-state index is 12.4. The molecular weight excluding hydrogens is 236 g/mol. The van der Waals surface area contributed by atoms with Gasteiger partial charge in [-0.25, -0.2) is 0 Å². The highest BCUT2D eigenvalue weighted by molar-refractivity contribution is 5.76. The lowest BCUT2D eigenvalue weighted by Crippen LogP contribution is -2.43. The highest BCUT2D eigenvalue weighted by Crippen LogP contribution is 2.28. The molecule has 0 spiro atoms. The molecular formula is C16H30N2O. The molecule has 0 aromatic rings. The first kappa shape index (κ1) is 14.8. The Morgan fingerprint density at radius 2 is 1.68 bits per heavy atom. The highest BCUT2D eigenvalue weighted by Gasteiger charge is 2.27. The van der Waals surface area contributed by atoms with Gasteiger partial charge in [-0.3, -0.25) is 4.79 Å². The van der Waals surface area contributed by atoms with Crippen LogP contribution in [-0.2, 0) is 4.79 Å². The zero-order valence-electron chi connectivity index (χ0n) is 12.7. The van der Waals surface area contributed by atoms with Gasteiger partial charge >= 0.3 is 0 Å². The Balaban J connectivity index is 1.75. The minimum atomic E-state index is 0.389. The fraction of sp³-hybridized carbons (Fsp3) is 0.938. The summed E-state index contributed by atoms with van der Waals surface area (Å²) in [5.74, 6) is 1.05. The Morgan fingerprint density at radius 1 is 1.05 bits per heavy atom. The van der Waals surface area contributed by atoms with Crippen molar-refractivity contribution < 1.29 is 4.79 Å². The second-order valence-corrected chi connectivity index (χ2v) is 6.51. The summed E-state index contributed by atoms with van der Waals surface area (Å²) in [5.41, 5.74) is 0. The van der Waals surface area contributed by atoms with E-state index in [1.165, 1.54) is 57.8 Å². The topological polar surface area (TPSA) is 32.3 Å². The summed E-state index contributed by atoms with van der Waals surface area (Å²) in [6.45, 7) is 0. The number of rotatable bonds is 4. The molecule has 0 heterocycles. The molecule has 2 fully saturated rings. The van der Waals surface area contributed by atoms with Crippen LogP contribution in [-0.4, -0.2) is 37.0 Å². The van der Waals surface area contributed by atoms with Gasteiger partial charge in [0.15, 0.2) is 0 Å². The Kier molecular flexibility index (Phi) is 5.68. The van der Waals surface area contributed by atoms with Crippen LogP contribution >= 0.6 is 0 Å². The van der Waals surface area contributed by atoms with Crippen LogP contribution in [0.2, 0.25) is 0 Å². The third-order valence-electron chi connectivity index (χ3n) is 5.23. The minimum absolute atomic E-state index is 0.389. The van der Waals surface area contributed by atoms with E-state index in [9.17, 15) is 4.79 Å². The summed E-state index contributed by atoms with van der Waals surface area (Å²) in [6.07, 6.45) is 12.1. The van der Waals surface area contributed by atoms with Crippen LogP contribution < -0.4 is 5.32 Å². The first-order valence-electron chi connectivity index (χ1n) is 8.13. The third-order valence-corrected chi connectivity index (χ3v) is 5.23. The molecule has 19 heavy (non-hydrogen) atoms. The second-order valence-electron chi connectivity index (χ2n) is 6.51. The number of carbonyl (C=O) groups is 1. The molecule has 2 aliphatic rings. The average Bonchev–Trinajstić information content (AvgIpc) is 2.47. The van der Waals surface area contributed by atoms with Crippen LogP contribution in [0.3, 0.4) is 0 Å². The molecule has 0 aromatic heterocycles. The monoisotopic (exact) mass is 266 g/mol. The summed E-state index contributed by atoms with van der Waals surface area (Å²) >= 11 is 0. The van der Waals surface area contributed by atoms with E-state index in [0.29, 0.717) is 23.9 Å².